The lowest BCUT2D eigenvalue weighted by molar-refractivity contribution is 0.412. The van der Waals surface area contributed by atoms with E-state index in [0.29, 0.717) is 6.04 Å². The number of ether oxygens (including phenoxy) is 1. The molecule has 0 saturated carbocycles. The van der Waals surface area contributed by atoms with E-state index in [4.69, 9.17) is 4.74 Å². The fraction of sp³-hybridized carbons (Fsp3) is 0.462. The van der Waals surface area contributed by atoms with Crippen molar-refractivity contribution in [1.82, 2.24) is 10.3 Å². The zero-order valence-corrected chi connectivity index (χ0v) is 9.44. The van der Waals surface area contributed by atoms with E-state index in [1.807, 2.05) is 6.20 Å². The van der Waals surface area contributed by atoms with Gasteiger partial charge < -0.3 is 10.1 Å². The molecule has 0 aromatic carbocycles. The summed E-state index contributed by atoms with van der Waals surface area (Å²) in [5.74, 6) is 1.64. The van der Waals surface area contributed by atoms with Crippen LogP contribution in [0.25, 0.3) is 5.57 Å². The highest BCUT2D eigenvalue weighted by Gasteiger charge is 2.28. The predicted octanol–water partition coefficient (Wildman–Crippen LogP) is 1.86. The van der Waals surface area contributed by atoms with Crippen LogP contribution in [0.3, 0.4) is 0 Å². The van der Waals surface area contributed by atoms with Gasteiger partial charge in [0.2, 0.25) is 0 Å². The number of pyridine rings is 1. The fourth-order valence-electron chi connectivity index (χ4n) is 2.67. The second kappa shape index (κ2) is 3.91. The van der Waals surface area contributed by atoms with Crippen LogP contribution in [0.2, 0.25) is 0 Å². The first-order valence-electron chi connectivity index (χ1n) is 5.78. The van der Waals surface area contributed by atoms with Crippen molar-refractivity contribution >= 4 is 5.57 Å². The summed E-state index contributed by atoms with van der Waals surface area (Å²) in [4.78, 5) is 4.21. The van der Waals surface area contributed by atoms with Gasteiger partial charge in [-0.25, -0.2) is 0 Å². The summed E-state index contributed by atoms with van der Waals surface area (Å²) in [5.41, 5.74) is 2.62. The molecule has 2 aliphatic rings. The van der Waals surface area contributed by atoms with Crippen molar-refractivity contribution in [1.29, 1.82) is 0 Å². The van der Waals surface area contributed by atoms with Gasteiger partial charge in [-0.3, -0.25) is 4.98 Å². The summed E-state index contributed by atoms with van der Waals surface area (Å²) in [5, 5.41) is 3.52. The van der Waals surface area contributed by atoms with Crippen LogP contribution in [0, 0.1) is 5.92 Å². The SMILES string of the molecule is COc1cncc(C2=CC3CC(CN3)C2)c1. The molecule has 1 fully saturated rings. The summed E-state index contributed by atoms with van der Waals surface area (Å²) in [7, 11) is 1.68. The van der Waals surface area contributed by atoms with Crippen LogP contribution in [-0.2, 0) is 0 Å². The van der Waals surface area contributed by atoms with Crippen molar-refractivity contribution in [2.24, 2.45) is 5.92 Å². The van der Waals surface area contributed by atoms with Gasteiger partial charge in [-0.1, -0.05) is 6.08 Å². The van der Waals surface area contributed by atoms with Crippen LogP contribution >= 0.6 is 0 Å². The Labute approximate surface area is 95.5 Å². The Morgan fingerprint density at radius 2 is 2.38 bits per heavy atom. The van der Waals surface area contributed by atoms with E-state index < -0.39 is 0 Å². The predicted molar refractivity (Wildman–Crippen MR) is 63.3 cm³/mol. The molecule has 1 aromatic rings. The van der Waals surface area contributed by atoms with Crippen LogP contribution in [0.15, 0.2) is 24.5 Å². The normalized spacial score (nSPS) is 27.7. The maximum atomic E-state index is 5.21. The molecule has 16 heavy (non-hydrogen) atoms. The number of nitrogens with one attached hydrogen (secondary N) is 1. The van der Waals surface area contributed by atoms with Gasteiger partial charge >= 0.3 is 0 Å². The summed E-state index contributed by atoms with van der Waals surface area (Å²) in [6.45, 7) is 1.15. The Balaban J connectivity index is 1.91. The number of methoxy groups -OCH3 is 1. The van der Waals surface area contributed by atoms with Crippen LogP contribution < -0.4 is 10.1 Å². The molecule has 0 amide bonds. The average Bonchev–Trinajstić information content (AvgIpc) is 2.68. The van der Waals surface area contributed by atoms with Crippen LogP contribution in [0.5, 0.6) is 5.75 Å². The molecule has 1 aliphatic carbocycles. The van der Waals surface area contributed by atoms with Gasteiger partial charge in [-0.05, 0) is 42.5 Å². The van der Waals surface area contributed by atoms with Crippen LogP contribution in [-0.4, -0.2) is 24.7 Å². The minimum absolute atomic E-state index is 0.569. The molecule has 2 atom stereocenters. The Morgan fingerprint density at radius 3 is 3.19 bits per heavy atom. The highest BCUT2D eigenvalue weighted by atomic mass is 16.5. The molecule has 2 heterocycles. The van der Waals surface area contributed by atoms with Gasteiger partial charge in [0, 0.05) is 12.2 Å². The molecule has 1 aromatic heterocycles. The first-order valence-corrected chi connectivity index (χ1v) is 5.78. The van der Waals surface area contributed by atoms with Crippen LogP contribution in [0.4, 0.5) is 0 Å². The monoisotopic (exact) mass is 216 g/mol. The average molecular weight is 216 g/mol. The lowest BCUT2D eigenvalue weighted by Gasteiger charge is -2.18. The lowest BCUT2D eigenvalue weighted by atomic mass is 9.87. The number of nitrogens with zero attached hydrogens (tertiary/aromatic N) is 1. The molecule has 0 radical (unpaired) electrons. The zero-order chi connectivity index (χ0) is 11.0. The molecule has 3 rings (SSSR count). The number of fused-ring (bicyclic) bond motifs is 2. The van der Waals surface area contributed by atoms with Gasteiger partial charge in [0.05, 0.1) is 13.3 Å². The van der Waals surface area contributed by atoms with Crippen molar-refractivity contribution in [3.63, 3.8) is 0 Å². The minimum Gasteiger partial charge on any atom is -0.495 e. The largest absolute Gasteiger partial charge is 0.495 e. The van der Waals surface area contributed by atoms with E-state index in [-0.39, 0.29) is 0 Å². The molecule has 3 nitrogen and oxygen atoms in total. The molecule has 1 saturated heterocycles. The highest BCUT2D eigenvalue weighted by molar-refractivity contribution is 5.68. The van der Waals surface area contributed by atoms with Gasteiger partial charge in [-0.15, -0.1) is 0 Å². The number of allylic oxidation sites excluding steroid dienone is 1. The molecular formula is C13H16N2O. The standard InChI is InChI=1S/C13H16N2O/c1-16-13-5-11(7-14-8-13)10-2-9-3-12(4-10)15-6-9/h4-5,7-9,12,15H,2-3,6H2,1H3. The first-order chi connectivity index (χ1) is 7.85. The molecule has 0 spiro atoms. The maximum Gasteiger partial charge on any atom is 0.137 e. The zero-order valence-electron chi connectivity index (χ0n) is 9.44. The Morgan fingerprint density at radius 1 is 1.44 bits per heavy atom. The van der Waals surface area contributed by atoms with Gasteiger partial charge in [0.15, 0.2) is 0 Å². The Hall–Kier alpha value is -1.35. The van der Waals surface area contributed by atoms with Crippen molar-refractivity contribution in [3.8, 4) is 5.75 Å². The number of aromatic nitrogens is 1. The lowest BCUT2D eigenvalue weighted by Crippen LogP contribution is -2.18. The summed E-state index contributed by atoms with van der Waals surface area (Å²) in [6.07, 6.45) is 8.48. The molecule has 1 aliphatic heterocycles. The van der Waals surface area contributed by atoms with Crippen molar-refractivity contribution in [2.75, 3.05) is 13.7 Å². The van der Waals surface area contributed by atoms with E-state index in [2.05, 4.69) is 22.4 Å². The molecule has 3 heteroatoms. The van der Waals surface area contributed by atoms with E-state index >= 15 is 0 Å². The highest BCUT2D eigenvalue weighted by Crippen LogP contribution is 2.34. The van der Waals surface area contributed by atoms with Crippen molar-refractivity contribution in [2.45, 2.75) is 18.9 Å². The number of rotatable bonds is 2. The number of hydrogen-bond acceptors (Lipinski definition) is 3. The quantitative estimate of drug-likeness (QED) is 0.819. The van der Waals surface area contributed by atoms with E-state index in [9.17, 15) is 0 Å². The fourth-order valence-corrected chi connectivity index (χ4v) is 2.67. The molecule has 1 N–H and O–H groups in total. The third kappa shape index (κ3) is 1.71. The second-order valence-electron chi connectivity index (χ2n) is 4.63. The van der Waals surface area contributed by atoms with Crippen molar-refractivity contribution < 1.29 is 4.74 Å². The molecule has 84 valence electrons. The molecular weight excluding hydrogens is 200 g/mol. The topological polar surface area (TPSA) is 34.1 Å². The summed E-state index contributed by atoms with van der Waals surface area (Å²) in [6, 6.07) is 2.64. The van der Waals surface area contributed by atoms with E-state index in [1.54, 1.807) is 13.3 Å². The number of hydrogen-bond donors (Lipinski definition) is 1. The van der Waals surface area contributed by atoms with Crippen molar-refractivity contribution in [3.05, 3.63) is 30.1 Å². The maximum absolute atomic E-state index is 5.21. The third-order valence-electron chi connectivity index (χ3n) is 3.49. The van der Waals surface area contributed by atoms with Gasteiger partial charge in [-0.2, -0.15) is 0 Å². The Bertz CT molecular complexity index is 428. The first kappa shape index (κ1) is 9.85. The summed E-state index contributed by atoms with van der Waals surface area (Å²) < 4.78 is 5.21. The molecule has 2 unspecified atom stereocenters. The third-order valence-corrected chi connectivity index (χ3v) is 3.49. The van der Waals surface area contributed by atoms with Crippen LogP contribution in [0.1, 0.15) is 18.4 Å². The molecule has 2 bridgehead atoms. The van der Waals surface area contributed by atoms with Gasteiger partial charge in [0.1, 0.15) is 5.75 Å². The second-order valence-corrected chi connectivity index (χ2v) is 4.63. The minimum atomic E-state index is 0.569. The van der Waals surface area contributed by atoms with E-state index in [1.165, 1.54) is 24.0 Å². The summed E-state index contributed by atoms with van der Waals surface area (Å²) >= 11 is 0. The Kier molecular flexibility index (Phi) is 2.40. The van der Waals surface area contributed by atoms with E-state index in [0.717, 1.165) is 18.2 Å². The smallest absolute Gasteiger partial charge is 0.137 e. The van der Waals surface area contributed by atoms with Gasteiger partial charge in [0.25, 0.3) is 0 Å².